The highest BCUT2D eigenvalue weighted by Crippen LogP contribution is 2.28. The van der Waals surface area contributed by atoms with Gasteiger partial charge in [-0.15, -0.1) is 0 Å². The minimum Gasteiger partial charge on any atom is -0.481 e. The maximum absolute atomic E-state index is 12.6. The van der Waals surface area contributed by atoms with Crippen molar-refractivity contribution in [1.29, 1.82) is 0 Å². The molecule has 0 aromatic heterocycles. The smallest absolute Gasteiger partial charge is 0.316 e. The van der Waals surface area contributed by atoms with Crippen molar-refractivity contribution >= 4 is 5.97 Å². The van der Waals surface area contributed by atoms with Gasteiger partial charge in [0.05, 0.1) is 0 Å². The number of benzene rings is 1. The van der Waals surface area contributed by atoms with Gasteiger partial charge in [-0.3, -0.25) is 4.79 Å². The summed E-state index contributed by atoms with van der Waals surface area (Å²) in [7, 11) is 0. The Morgan fingerprint density at radius 2 is 1.93 bits per heavy atom. The Balaban J connectivity index is 2.37. The summed E-state index contributed by atoms with van der Waals surface area (Å²) in [4.78, 5) is 11.1. The van der Waals surface area contributed by atoms with Crippen molar-refractivity contribution in [3.05, 3.63) is 35.6 Å². The lowest BCUT2D eigenvalue weighted by atomic mass is 9.75. The lowest BCUT2D eigenvalue weighted by Gasteiger charge is -2.38. The summed E-state index contributed by atoms with van der Waals surface area (Å²) < 4.78 is 12.6. The molecule has 1 aromatic rings. The molecule has 0 aliphatic carbocycles. The molecule has 1 aliphatic heterocycles. The van der Waals surface area contributed by atoms with E-state index in [0.29, 0.717) is 18.7 Å². The molecule has 4 heteroatoms. The van der Waals surface area contributed by atoms with Crippen LogP contribution in [0.1, 0.15) is 5.56 Å². The van der Waals surface area contributed by atoms with E-state index in [-0.39, 0.29) is 5.82 Å². The van der Waals surface area contributed by atoms with E-state index in [0.717, 1.165) is 0 Å². The summed E-state index contributed by atoms with van der Waals surface area (Å²) in [5.74, 6) is -1.20. The van der Waals surface area contributed by atoms with Crippen LogP contribution in [0.3, 0.4) is 0 Å². The number of rotatable bonds is 2. The molecule has 0 saturated carbocycles. The molecule has 1 aliphatic rings. The molecule has 2 rings (SSSR count). The second-order valence-corrected chi connectivity index (χ2v) is 3.50. The Kier molecular flexibility index (Phi) is 2.00. The van der Waals surface area contributed by atoms with Gasteiger partial charge >= 0.3 is 5.97 Å². The third-order valence-corrected chi connectivity index (χ3v) is 2.66. The average molecular weight is 195 g/mol. The van der Waals surface area contributed by atoms with Crippen LogP contribution in [0.4, 0.5) is 4.39 Å². The first-order valence-corrected chi connectivity index (χ1v) is 4.35. The summed E-state index contributed by atoms with van der Waals surface area (Å²) in [5.41, 5.74) is -0.196. The fourth-order valence-corrected chi connectivity index (χ4v) is 1.62. The van der Waals surface area contributed by atoms with Gasteiger partial charge in [0.2, 0.25) is 0 Å². The first-order valence-electron chi connectivity index (χ1n) is 4.35. The monoisotopic (exact) mass is 195 g/mol. The van der Waals surface area contributed by atoms with Crippen molar-refractivity contribution in [3.8, 4) is 0 Å². The summed E-state index contributed by atoms with van der Waals surface area (Å²) >= 11 is 0. The topological polar surface area (TPSA) is 49.3 Å². The predicted octanol–water partition coefficient (Wildman–Crippen LogP) is 0.751. The van der Waals surface area contributed by atoms with Gasteiger partial charge in [0, 0.05) is 13.1 Å². The molecule has 0 spiro atoms. The van der Waals surface area contributed by atoms with Crippen molar-refractivity contribution < 1.29 is 14.3 Å². The first-order chi connectivity index (χ1) is 6.65. The fourth-order valence-electron chi connectivity index (χ4n) is 1.62. The van der Waals surface area contributed by atoms with Crippen LogP contribution in [0, 0.1) is 5.82 Å². The second-order valence-electron chi connectivity index (χ2n) is 3.50. The minimum absolute atomic E-state index is 0.346. The van der Waals surface area contributed by atoms with E-state index in [1.54, 1.807) is 0 Å². The molecule has 14 heavy (non-hydrogen) atoms. The van der Waals surface area contributed by atoms with E-state index in [2.05, 4.69) is 5.32 Å². The number of hydrogen-bond acceptors (Lipinski definition) is 2. The standard InChI is InChI=1S/C10H10FNO2/c11-8-3-1-7(2-4-8)10(9(13)14)5-12-6-10/h1-4,12H,5-6H2,(H,13,14). The van der Waals surface area contributed by atoms with E-state index < -0.39 is 11.4 Å². The van der Waals surface area contributed by atoms with Gasteiger partial charge in [-0.25, -0.2) is 4.39 Å². The lowest BCUT2D eigenvalue weighted by Crippen LogP contribution is -2.61. The summed E-state index contributed by atoms with van der Waals surface area (Å²) in [6, 6.07) is 5.64. The van der Waals surface area contributed by atoms with Gasteiger partial charge in [-0.05, 0) is 17.7 Å². The maximum atomic E-state index is 12.6. The number of hydrogen-bond donors (Lipinski definition) is 2. The molecule has 0 unspecified atom stereocenters. The highest BCUT2D eigenvalue weighted by Gasteiger charge is 2.45. The van der Waals surface area contributed by atoms with Crippen molar-refractivity contribution in [2.24, 2.45) is 0 Å². The van der Waals surface area contributed by atoms with Crippen molar-refractivity contribution in [3.63, 3.8) is 0 Å². The molecule has 1 aromatic carbocycles. The van der Waals surface area contributed by atoms with Gasteiger partial charge in [0.15, 0.2) is 0 Å². The molecule has 1 saturated heterocycles. The molecular formula is C10H10FNO2. The Morgan fingerprint density at radius 3 is 2.29 bits per heavy atom. The molecule has 1 fully saturated rings. The highest BCUT2D eigenvalue weighted by atomic mass is 19.1. The summed E-state index contributed by atoms with van der Waals surface area (Å²) in [6.45, 7) is 0.821. The normalized spacial score (nSPS) is 18.6. The van der Waals surface area contributed by atoms with E-state index >= 15 is 0 Å². The third-order valence-electron chi connectivity index (χ3n) is 2.66. The number of carboxylic acid groups (broad SMARTS) is 1. The SMILES string of the molecule is O=C(O)C1(c2ccc(F)cc2)CNC1. The first kappa shape index (κ1) is 9.15. The number of aliphatic carboxylic acids is 1. The molecule has 74 valence electrons. The van der Waals surface area contributed by atoms with E-state index in [9.17, 15) is 9.18 Å². The van der Waals surface area contributed by atoms with Crippen LogP contribution in [0.25, 0.3) is 0 Å². The number of carboxylic acids is 1. The Hall–Kier alpha value is -1.42. The van der Waals surface area contributed by atoms with Crippen LogP contribution in [-0.2, 0) is 10.2 Å². The van der Waals surface area contributed by atoms with Crippen LogP contribution in [-0.4, -0.2) is 24.2 Å². The van der Waals surface area contributed by atoms with Gasteiger partial charge < -0.3 is 10.4 Å². The van der Waals surface area contributed by atoms with Gasteiger partial charge in [0.25, 0.3) is 0 Å². The third kappa shape index (κ3) is 1.19. The van der Waals surface area contributed by atoms with E-state index in [1.807, 2.05) is 0 Å². The minimum atomic E-state index is -0.858. The Bertz CT molecular complexity index is 357. The van der Waals surface area contributed by atoms with Gasteiger partial charge in [-0.2, -0.15) is 0 Å². The van der Waals surface area contributed by atoms with Crippen molar-refractivity contribution in [1.82, 2.24) is 5.32 Å². The van der Waals surface area contributed by atoms with E-state index in [4.69, 9.17) is 5.11 Å². The van der Waals surface area contributed by atoms with Crippen LogP contribution in [0.5, 0.6) is 0 Å². The predicted molar refractivity (Wildman–Crippen MR) is 48.6 cm³/mol. The molecule has 0 radical (unpaired) electrons. The quantitative estimate of drug-likeness (QED) is 0.732. The van der Waals surface area contributed by atoms with Crippen LogP contribution in [0.2, 0.25) is 0 Å². The number of halogens is 1. The number of carbonyl (C=O) groups is 1. The molecule has 0 bridgehead atoms. The second kappa shape index (κ2) is 3.06. The van der Waals surface area contributed by atoms with Crippen LogP contribution in [0.15, 0.2) is 24.3 Å². The number of nitrogens with one attached hydrogen (secondary N) is 1. The molecule has 2 N–H and O–H groups in total. The average Bonchev–Trinajstić information content (AvgIpc) is 2.05. The van der Waals surface area contributed by atoms with Crippen molar-refractivity contribution in [2.75, 3.05) is 13.1 Å². The Morgan fingerprint density at radius 1 is 1.36 bits per heavy atom. The summed E-state index contributed by atoms with van der Waals surface area (Å²) in [6.07, 6.45) is 0. The van der Waals surface area contributed by atoms with E-state index in [1.165, 1.54) is 24.3 Å². The zero-order chi connectivity index (χ0) is 10.2. The molecule has 0 amide bonds. The zero-order valence-corrected chi connectivity index (χ0v) is 7.46. The Labute approximate surface area is 80.6 Å². The fraction of sp³-hybridized carbons (Fsp3) is 0.300. The molecule has 0 atom stereocenters. The zero-order valence-electron chi connectivity index (χ0n) is 7.46. The molecular weight excluding hydrogens is 185 g/mol. The van der Waals surface area contributed by atoms with Gasteiger partial charge in [-0.1, -0.05) is 12.1 Å². The van der Waals surface area contributed by atoms with Crippen LogP contribution >= 0.6 is 0 Å². The van der Waals surface area contributed by atoms with Crippen LogP contribution < -0.4 is 5.32 Å². The maximum Gasteiger partial charge on any atom is 0.316 e. The van der Waals surface area contributed by atoms with Gasteiger partial charge in [0.1, 0.15) is 11.2 Å². The largest absolute Gasteiger partial charge is 0.481 e. The molecule has 1 heterocycles. The summed E-state index contributed by atoms with van der Waals surface area (Å²) in [5, 5.41) is 12.0. The lowest BCUT2D eigenvalue weighted by molar-refractivity contribution is -0.146. The van der Waals surface area contributed by atoms with Crippen molar-refractivity contribution in [2.45, 2.75) is 5.41 Å². The molecule has 3 nitrogen and oxygen atoms in total. The highest BCUT2D eigenvalue weighted by molar-refractivity contribution is 5.83.